The number of hydrogen-bond acceptors (Lipinski definition) is 3. The molecular formula is C20H14Br2ClF3N2O. The predicted octanol–water partition coefficient (Wildman–Crippen LogP) is 6.56. The number of hydrogen-bond donors (Lipinski definition) is 2. The Morgan fingerprint density at radius 3 is 2.14 bits per heavy atom. The Labute approximate surface area is 187 Å². The summed E-state index contributed by atoms with van der Waals surface area (Å²) in [7, 11) is 0. The van der Waals surface area contributed by atoms with Crippen LogP contribution in [0.25, 0.3) is 0 Å². The van der Waals surface area contributed by atoms with E-state index in [1.807, 2.05) is 0 Å². The standard InChI is InChI=1S/C14H9BrClF2NO.C6H5BrFN/c15-9-6-13(19)8(4-12(9)18)14(20)5-7-10(16)2-1-3-11(7)17;7-5-3-4(9)1-2-6(5)8/h1-4,6H,5,19H2;1-3H,9H2. The number of anilines is 2. The van der Waals surface area contributed by atoms with Crippen molar-refractivity contribution < 1.29 is 18.0 Å². The lowest BCUT2D eigenvalue weighted by atomic mass is 10.0. The summed E-state index contributed by atoms with van der Waals surface area (Å²) in [5.41, 5.74) is 11.8. The van der Waals surface area contributed by atoms with Crippen molar-refractivity contribution in [3.8, 4) is 0 Å². The van der Waals surface area contributed by atoms with Gasteiger partial charge in [-0.1, -0.05) is 17.7 Å². The molecular weight excluding hydrogens is 536 g/mol. The number of benzene rings is 3. The number of rotatable bonds is 3. The van der Waals surface area contributed by atoms with Gasteiger partial charge in [-0.2, -0.15) is 0 Å². The smallest absolute Gasteiger partial charge is 0.169 e. The van der Waals surface area contributed by atoms with Gasteiger partial charge in [0.1, 0.15) is 17.5 Å². The molecule has 0 amide bonds. The van der Waals surface area contributed by atoms with E-state index in [0.717, 1.165) is 6.07 Å². The fourth-order valence-corrected chi connectivity index (χ4v) is 3.26. The molecule has 3 aromatic rings. The Bertz CT molecular complexity index is 1040. The van der Waals surface area contributed by atoms with E-state index in [1.54, 1.807) is 0 Å². The average molecular weight is 551 g/mol. The molecule has 152 valence electrons. The number of nitrogen functional groups attached to an aromatic ring is 2. The van der Waals surface area contributed by atoms with E-state index in [4.69, 9.17) is 23.1 Å². The molecule has 0 unspecified atom stereocenters. The first kappa shape index (κ1) is 23.3. The zero-order valence-corrected chi connectivity index (χ0v) is 18.6. The molecule has 0 saturated heterocycles. The van der Waals surface area contributed by atoms with Gasteiger partial charge in [0.25, 0.3) is 0 Å². The van der Waals surface area contributed by atoms with Crippen LogP contribution in [0.15, 0.2) is 57.5 Å². The lowest BCUT2D eigenvalue weighted by Crippen LogP contribution is -2.09. The van der Waals surface area contributed by atoms with E-state index >= 15 is 0 Å². The maximum absolute atomic E-state index is 13.6. The summed E-state index contributed by atoms with van der Waals surface area (Å²) in [6, 6.07) is 10.8. The summed E-state index contributed by atoms with van der Waals surface area (Å²) < 4.78 is 40.0. The van der Waals surface area contributed by atoms with Crippen molar-refractivity contribution in [2.24, 2.45) is 0 Å². The third-order valence-corrected chi connectivity index (χ3v) is 5.31. The van der Waals surface area contributed by atoms with Gasteiger partial charge >= 0.3 is 0 Å². The molecule has 9 heteroatoms. The van der Waals surface area contributed by atoms with Gasteiger partial charge in [0.2, 0.25) is 0 Å². The Hall–Kier alpha value is -2.03. The molecule has 0 radical (unpaired) electrons. The van der Waals surface area contributed by atoms with Gasteiger partial charge in [-0.05, 0) is 74.3 Å². The Balaban J connectivity index is 0.000000278. The fourth-order valence-electron chi connectivity index (χ4n) is 2.27. The SMILES string of the molecule is Nc1cc(Br)c(F)cc1C(=O)Cc1c(F)cccc1Cl.Nc1ccc(F)c(Br)c1. The predicted molar refractivity (Wildman–Crippen MR) is 116 cm³/mol. The minimum atomic E-state index is -0.609. The largest absolute Gasteiger partial charge is 0.399 e. The third kappa shape index (κ3) is 6.22. The second-order valence-electron chi connectivity index (χ2n) is 5.83. The Morgan fingerprint density at radius 2 is 1.55 bits per heavy atom. The van der Waals surface area contributed by atoms with Gasteiger partial charge in [-0.15, -0.1) is 0 Å². The molecule has 0 aromatic heterocycles. The molecule has 29 heavy (non-hydrogen) atoms. The zero-order valence-electron chi connectivity index (χ0n) is 14.7. The summed E-state index contributed by atoms with van der Waals surface area (Å²) in [4.78, 5) is 12.1. The first-order chi connectivity index (χ1) is 13.6. The molecule has 0 saturated carbocycles. The quantitative estimate of drug-likeness (QED) is 0.287. The number of carbonyl (C=O) groups excluding carboxylic acids is 1. The van der Waals surface area contributed by atoms with Crippen molar-refractivity contribution in [3.05, 3.63) is 91.1 Å². The monoisotopic (exact) mass is 548 g/mol. The van der Waals surface area contributed by atoms with Gasteiger partial charge in [0.05, 0.1) is 8.95 Å². The van der Waals surface area contributed by atoms with Crippen molar-refractivity contribution in [3.63, 3.8) is 0 Å². The van der Waals surface area contributed by atoms with Gasteiger partial charge < -0.3 is 11.5 Å². The summed E-state index contributed by atoms with van der Waals surface area (Å²) >= 11 is 11.8. The minimum absolute atomic E-state index is 0.00465. The van der Waals surface area contributed by atoms with Crippen LogP contribution in [-0.2, 0) is 6.42 Å². The van der Waals surface area contributed by atoms with Crippen molar-refractivity contribution in [1.29, 1.82) is 0 Å². The maximum Gasteiger partial charge on any atom is 0.169 e. The normalized spacial score (nSPS) is 10.3. The molecule has 0 aliphatic carbocycles. The fraction of sp³-hybridized carbons (Fsp3) is 0.0500. The van der Waals surface area contributed by atoms with E-state index in [2.05, 4.69) is 31.9 Å². The summed E-state index contributed by atoms with van der Waals surface area (Å²) in [5.74, 6) is -1.98. The van der Waals surface area contributed by atoms with Crippen LogP contribution in [0.1, 0.15) is 15.9 Å². The lowest BCUT2D eigenvalue weighted by Gasteiger charge is -2.08. The molecule has 3 aromatic carbocycles. The van der Waals surface area contributed by atoms with Gasteiger partial charge in [0.15, 0.2) is 5.78 Å². The van der Waals surface area contributed by atoms with E-state index in [-0.39, 0.29) is 38.5 Å². The minimum Gasteiger partial charge on any atom is -0.399 e. The number of carbonyl (C=O) groups is 1. The van der Waals surface area contributed by atoms with Crippen LogP contribution < -0.4 is 11.5 Å². The van der Waals surface area contributed by atoms with Gasteiger partial charge in [-0.3, -0.25) is 4.79 Å². The van der Waals surface area contributed by atoms with Gasteiger partial charge in [0, 0.05) is 33.9 Å². The molecule has 0 spiro atoms. The first-order valence-corrected chi connectivity index (χ1v) is 9.97. The molecule has 3 nitrogen and oxygen atoms in total. The van der Waals surface area contributed by atoms with Crippen molar-refractivity contribution in [1.82, 2.24) is 0 Å². The molecule has 0 heterocycles. The summed E-state index contributed by atoms with van der Waals surface area (Å²) in [5, 5.41) is 0.148. The number of ketones is 1. The van der Waals surface area contributed by atoms with E-state index in [9.17, 15) is 18.0 Å². The van der Waals surface area contributed by atoms with Crippen molar-refractivity contribution in [2.75, 3.05) is 11.5 Å². The summed E-state index contributed by atoms with van der Waals surface area (Å²) in [6.07, 6.45) is -0.281. The molecule has 3 rings (SSSR count). The third-order valence-electron chi connectivity index (χ3n) is 3.74. The highest BCUT2D eigenvalue weighted by Gasteiger charge is 2.17. The Morgan fingerprint density at radius 1 is 0.897 bits per heavy atom. The van der Waals surface area contributed by atoms with Crippen LogP contribution in [0.5, 0.6) is 0 Å². The van der Waals surface area contributed by atoms with Crippen LogP contribution in [0.4, 0.5) is 24.5 Å². The van der Waals surface area contributed by atoms with Crippen LogP contribution in [-0.4, -0.2) is 5.78 Å². The highest BCUT2D eigenvalue weighted by molar-refractivity contribution is 9.10. The molecule has 4 N–H and O–H groups in total. The van der Waals surface area contributed by atoms with Crippen molar-refractivity contribution in [2.45, 2.75) is 6.42 Å². The molecule has 0 fully saturated rings. The number of halogens is 6. The first-order valence-electron chi connectivity index (χ1n) is 8.01. The second-order valence-corrected chi connectivity index (χ2v) is 7.94. The summed E-state index contributed by atoms with van der Waals surface area (Å²) in [6.45, 7) is 0. The maximum atomic E-state index is 13.6. The molecule has 0 aliphatic heterocycles. The highest BCUT2D eigenvalue weighted by atomic mass is 79.9. The average Bonchev–Trinajstić information content (AvgIpc) is 2.65. The van der Waals surface area contributed by atoms with Crippen LogP contribution in [0.2, 0.25) is 5.02 Å². The molecule has 0 atom stereocenters. The van der Waals surface area contributed by atoms with E-state index in [0.29, 0.717) is 10.2 Å². The van der Waals surface area contributed by atoms with E-state index < -0.39 is 17.4 Å². The Kier molecular flexibility index (Phi) is 8.13. The number of Topliss-reactive ketones (excluding diaryl/α,β-unsaturated/α-hetero) is 1. The number of nitrogens with two attached hydrogens (primary N) is 2. The van der Waals surface area contributed by atoms with Crippen molar-refractivity contribution >= 4 is 60.6 Å². The van der Waals surface area contributed by atoms with E-state index in [1.165, 1.54) is 42.5 Å². The highest BCUT2D eigenvalue weighted by Crippen LogP contribution is 2.26. The molecule has 0 bridgehead atoms. The van der Waals surface area contributed by atoms with Crippen LogP contribution in [0.3, 0.4) is 0 Å². The zero-order chi connectivity index (χ0) is 21.7. The van der Waals surface area contributed by atoms with Crippen LogP contribution in [0, 0.1) is 17.5 Å². The van der Waals surface area contributed by atoms with Gasteiger partial charge in [-0.25, -0.2) is 13.2 Å². The van der Waals surface area contributed by atoms with Crippen LogP contribution >= 0.6 is 43.5 Å². The lowest BCUT2D eigenvalue weighted by molar-refractivity contribution is 0.0992. The topological polar surface area (TPSA) is 69.1 Å². The second kappa shape index (κ2) is 10.1. The molecule has 0 aliphatic rings.